The third-order valence-corrected chi connectivity index (χ3v) is 4.12. The smallest absolute Gasteiger partial charge is 0.270 e. The molecule has 1 heterocycles. The van der Waals surface area contributed by atoms with Crippen LogP contribution in [0.1, 0.15) is 35.0 Å². The first kappa shape index (κ1) is 18.6. The average molecular weight is 360 g/mol. The topological polar surface area (TPSA) is 66.9 Å². The molecule has 3 rings (SSSR count). The van der Waals surface area contributed by atoms with E-state index in [2.05, 4.69) is 27.5 Å². The highest BCUT2D eigenvalue weighted by Gasteiger charge is 2.13. The van der Waals surface area contributed by atoms with Gasteiger partial charge < -0.3 is 10.6 Å². The molecule has 1 amide bonds. The first-order valence-corrected chi connectivity index (χ1v) is 9.18. The van der Waals surface area contributed by atoms with Crippen molar-refractivity contribution in [3.8, 4) is 11.4 Å². The van der Waals surface area contributed by atoms with E-state index in [-0.39, 0.29) is 5.91 Å². The summed E-state index contributed by atoms with van der Waals surface area (Å²) in [6.07, 6.45) is 0.972. The molecular weight excluding hydrogens is 336 g/mol. The maximum absolute atomic E-state index is 12.7. The lowest BCUT2D eigenvalue weighted by atomic mass is 10.1. The summed E-state index contributed by atoms with van der Waals surface area (Å²) in [5.74, 6) is 0.984. The SMILES string of the molecule is CCCNc1cc(C(=O)NCc2ccc(C)cc2)nc(-c2ccccc2)n1. The highest BCUT2D eigenvalue weighted by atomic mass is 16.1. The Hall–Kier alpha value is -3.21. The molecule has 0 radical (unpaired) electrons. The van der Waals surface area contributed by atoms with Crippen molar-refractivity contribution in [2.75, 3.05) is 11.9 Å². The summed E-state index contributed by atoms with van der Waals surface area (Å²) < 4.78 is 0. The summed E-state index contributed by atoms with van der Waals surface area (Å²) in [4.78, 5) is 21.7. The molecule has 1 aromatic heterocycles. The molecule has 2 N–H and O–H groups in total. The van der Waals surface area contributed by atoms with E-state index < -0.39 is 0 Å². The quantitative estimate of drug-likeness (QED) is 0.662. The van der Waals surface area contributed by atoms with Crippen LogP contribution < -0.4 is 10.6 Å². The molecule has 3 aromatic rings. The molecule has 5 heteroatoms. The van der Waals surface area contributed by atoms with Gasteiger partial charge in [0.2, 0.25) is 0 Å². The summed E-state index contributed by atoms with van der Waals surface area (Å²) in [7, 11) is 0. The summed E-state index contributed by atoms with van der Waals surface area (Å²) in [6, 6.07) is 19.5. The Morgan fingerprint density at radius 2 is 1.74 bits per heavy atom. The van der Waals surface area contributed by atoms with Gasteiger partial charge in [-0.25, -0.2) is 9.97 Å². The minimum atomic E-state index is -0.213. The van der Waals surface area contributed by atoms with Gasteiger partial charge >= 0.3 is 0 Å². The number of carbonyl (C=O) groups excluding carboxylic acids is 1. The van der Waals surface area contributed by atoms with Crippen molar-refractivity contribution < 1.29 is 4.79 Å². The van der Waals surface area contributed by atoms with E-state index in [0.29, 0.717) is 23.9 Å². The number of carbonyl (C=O) groups is 1. The van der Waals surface area contributed by atoms with Gasteiger partial charge in [-0.1, -0.05) is 67.1 Å². The maximum Gasteiger partial charge on any atom is 0.270 e. The number of aryl methyl sites for hydroxylation is 1. The molecule has 0 fully saturated rings. The first-order chi connectivity index (χ1) is 13.2. The number of hydrogen-bond donors (Lipinski definition) is 2. The molecule has 0 aliphatic heterocycles. The Labute approximate surface area is 159 Å². The third-order valence-electron chi connectivity index (χ3n) is 4.12. The molecule has 0 aliphatic carbocycles. The minimum absolute atomic E-state index is 0.213. The van der Waals surface area contributed by atoms with E-state index in [1.54, 1.807) is 6.07 Å². The Kier molecular flexibility index (Phi) is 6.15. The second-order valence-electron chi connectivity index (χ2n) is 6.42. The fourth-order valence-corrected chi connectivity index (χ4v) is 2.60. The van der Waals surface area contributed by atoms with Gasteiger partial charge in [-0.05, 0) is 18.9 Å². The molecular formula is C22H24N4O. The minimum Gasteiger partial charge on any atom is -0.370 e. The van der Waals surface area contributed by atoms with Crippen molar-refractivity contribution in [3.63, 3.8) is 0 Å². The lowest BCUT2D eigenvalue weighted by molar-refractivity contribution is 0.0946. The molecule has 2 aromatic carbocycles. The van der Waals surface area contributed by atoms with Crippen LogP contribution in [-0.2, 0) is 6.54 Å². The number of hydrogen-bond acceptors (Lipinski definition) is 4. The molecule has 0 saturated carbocycles. The van der Waals surface area contributed by atoms with Gasteiger partial charge in [0.15, 0.2) is 5.82 Å². The van der Waals surface area contributed by atoms with Crippen LogP contribution in [-0.4, -0.2) is 22.4 Å². The van der Waals surface area contributed by atoms with Crippen LogP contribution >= 0.6 is 0 Å². The van der Waals surface area contributed by atoms with Gasteiger partial charge in [0.1, 0.15) is 11.5 Å². The second-order valence-corrected chi connectivity index (χ2v) is 6.42. The van der Waals surface area contributed by atoms with E-state index >= 15 is 0 Å². The average Bonchev–Trinajstić information content (AvgIpc) is 2.72. The predicted molar refractivity (Wildman–Crippen MR) is 109 cm³/mol. The summed E-state index contributed by atoms with van der Waals surface area (Å²) in [5, 5.41) is 6.19. The summed E-state index contributed by atoms with van der Waals surface area (Å²) in [6.45, 7) is 5.37. The Morgan fingerprint density at radius 3 is 2.44 bits per heavy atom. The van der Waals surface area contributed by atoms with Crippen molar-refractivity contribution >= 4 is 11.7 Å². The Bertz CT molecular complexity index is 892. The van der Waals surface area contributed by atoms with Crippen LogP contribution in [0.5, 0.6) is 0 Å². The molecule has 0 unspecified atom stereocenters. The lowest BCUT2D eigenvalue weighted by Crippen LogP contribution is -2.24. The molecule has 0 bridgehead atoms. The highest BCUT2D eigenvalue weighted by Crippen LogP contribution is 2.18. The van der Waals surface area contributed by atoms with Crippen LogP contribution in [0.25, 0.3) is 11.4 Å². The van der Waals surface area contributed by atoms with Gasteiger partial charge in [-0.15, -0.1) is 0 Å². The fraction of sp³-hybridized carbons (Fsp3) is 0.227. The second kappa shape index (κ2) is 8.94. The molecule has 0 atom stereocenters. The summed E-state index contributed by atoms with van der Waals surface area (Å²) in [5.41, 5.74) is 3.48. The zero-order chi connectivity index (χ0) is 19.1. The van der Waals surface area contributed by atoms with Crippen LogP contribution in [0.2, 0.25) is 0 Å². The monoisotopic (exact) mass is 360 g/mol. The van der Waals surface area contributed by atoms with Gasteiger partial charge in [0.05, 0.1) is 0 Å². The summed E-state index contributed by atoms with van der Waals surface area (Å²) >= 11 is 0. The van der Waals surface area contributed by atoms with Gasteiger partial charge in [-0.2, -0.15) is 0 Å². The molecule has 5 nitrogen and oxygen atoms in total. The largest absolute Gasteiger partial charge is 0.370 e. The Balaban J connectivity index is 1.81. The maximum atomic E-state index is 12.7. The molecule has 0 aliphatic rings. The number of aromatic nitrogens is 2. The molecule has 0 saturated heterocycles. The molecule has 0 spiro atoms. The van der Waals surface area contributed by atoms with Gasteiger partial charge in [-0.3, -0.25) is 4.79 Å². The van der Waals surface area contributed by atoms with Crippen LogP contribution in [0, 0.1) is 6.92 Å². The Morgan fingerprint density at radius 1 is 1.00 bits per heavy atom. The van der Waals surface area contributed by atoms with Gasteiger partial charge in [0.25, 0.3) is 5.91 Å². The van der Waals surface area contributed by atoms with Crippen LogP contribution in [0.3, 0.4) is 0 Å². The zero-order valence-electron chi connectivity index (χ0n) is 15.7. The predicted octanol–water partition coefficient (Wildman–Crippen LogP) is 4.20. The van der Waals surface area contributed by atoms with Crippen molar-refractivity contribution in [3.05, 3.63) is 77.5 Å². The lowest BCUT2D eigenvalue weighted by Gasteiger charge is -2.10. The van der Waals surface area contributed by atoms with Gasteiger partial charge in [0, 0.05) is 24.7 Å². The van der Waals surface area contributed by atoms with Crippen LogP contribution in [0.4, 0.5) is 5.82 Å². The van der Waals surface area contributed by atoms with Crippen LogP contribution in [0.15, 0.2) is 60.7 Å². The van der Waals surface area contributed by atoms with E-state index in [0.717, 1.165) is 24.1 Å². The number of anilines is 1. The number of nitrogens with one attached hydrogen (secondary N) is 2. The molecule has 138 valence electrons. The van der Waals surface area contributed by atoms with Crippen molar-refractivity contribution in [2.24, 2.45) is 0 Å². The number of benzene rings is 2. The van der Waals surface area contributed by atoms with Crippen molar-refractivity contribution in [1.82, 2.24) is 15.3 Å². The van der Waals surface area contributed by atoms with Crippen molar-refractivity contribution in [1.29, 1.82) is 0 Å². The van der Waals surface area contributed by atoms with Crippen molar-refractivity contribution in [2.45, 2.75) is 26.8 Å². The highest BCUT2D eigenvalue weighted by molar-refractivity contribution is 5.93. The van der Waals surface area contributed by atoms with E-state index in [1.807, 2.05) is 61.5 Å². The third kappa shape index (κ3) is 5.14. The standard InChI is InChI=1S/C22H24N4O/c1-3-13-23-20-14-19(25-21(26-20)18-7-5-4-6-8-18)22(27)24-15-17-11-9-16(2)10-12-17/h4-12,14H,3,13,15H2,1-2H3,(H,24,27)(H,23,25,26). The first-order valence-electron chi connectivity index (χ1n) is 9.18. The number of nitrogens with zero attached hydrogens (tertiary/aromatic N) is 2. The van der Waals surface area contributed by atoms with E-state index in [1.165, 1.54) is 5.56 Å². The zero-order valence-corrected chi connectivity index (χ0v) is 15.7. The van der Waals surface area contributed by atoms with E-state index in [4.69, 9.17) is 0 Å². The molecule has 27 heavy (non-hydrogen) atoms. The fourth-order valence-electron chi connectivity index (χ4n) is 2.60. The normalized spacial score (nSPS) is 10.4. The number of amides is 1. The number of rotatable bonds is 7. The van der Waals surface area contributed by atoms with E-state index in [9.17, 15) is 4.79 Å².